The van der Waals surface area contributed by atoms with Crippen molar-refractivity contribution in [2.45, 2.75) is 23.7 Å². The lowest BCUT2D eigenvalue weighted by Crippen LogP contribution is -2.20. The molecule has 220 valence electrons. The zero-order valence-electron chi connectivity index (χ0n) is 22.9. The van der Waals surface area contributed by atoms with Gasteiger partial charge in [-0.15, -0.1) is 0 Å². The van der Waals surface area contributed by atoms with E-state index in [1.54, 1.807) is 24.3 Å². The lowest BCUT2D eigenvalue weighted by atomic mass is 9.69. The molecule has 0 saturated heterocycles. The Hall–Kier alpha value is -5.83. The average molecular weight is 591 g/mol. The fourth-order valence-corrected chi connectivity index (χ4v) is 7.32. The summed E-state index contributed by atoms with van der Waals surface area (Å²) in [6.45, 7) is 0. The number of carbonyl (C=O) groups excluding carboxylic acids is 1. The normalized spacial score (nSPS) is 20.1. The maximum atomic E-state index is 14.3. The van der Waals surface area contributed by atoms with Crippen LogP contribution in [0.15, 0.2) is 84.9 Å². The predicted octanol–water partition coefficient (Wildman–Crippen LogP) is 5.72. The standard InChI is InChI=1S/C35H26O9/c36-18-5-1-15(2-6-18)27-29(17-9-20(38)11-21(39)10-17)31-25(42)14-26(43)32-34(31)33(27)28(16-3-7-19(37)8-4-16)30-23(35(32)44)12-22(40)13-24(30)41/h1-14,27-29,33,36-43H/t27-,28+,29-,33-/m1/s1. The summed E-state index contributed by atoms with van der Waals surface area (Å²) in [5.41, 5.74) is 2.22. The fourth-order valence-electron chi connectivity index (χ4n) is 7.32. The lowest BCUT2D eigenvalue weighted by Gasteiger charge is -2.33. The van der Waals surface area contributed by atoms with E-state index in [1.807, 2.05) is 0 Å². The molecule has 0 fully saturated rings. The second-order valence-corrected chi connectivity index (χ2v) is 11.3. The van der Waals surface area contributed by atoms with Gasteiger partial charge in [-0.3, -0.25) is 4.79 Å². The van der Waals surface area contributed by atoms with Crippen molar-refractivity contribution in [1.29, 1.82) is 0 Å². The number of benzene rings is 5. The molecular formula is C35H26O9. The summed E-state index contributed by atoms with van der Waals surface area (Å²) < 4.78 is 0. The molecule has 0 spiro atoms. The monoisotopic (exact) mass is 590 g/mol. The Balaban J connectivity index is 1.66. The molecule has 8 N–H and O–H groups in total. The minimum absolute atomic E-state index is 0.00147. The van der Waals surface area contributed by atoms with Gasteiger partial charge in [-0.2, -0.15) is 0 Å². The molecule has 7 rings (SSSR count). The van der Waals surface area contributed by atoms with E-state index in [-0.39, 0.29) is 62.5 Å². The Bertz CT molecular complexity index is 1960. The Morgan fingerprint density at radius 1 is 0.409 bits per heavy atom. The Kier molecular flexibility index (Phi) is 5.90. The first-order chi connectivity index (χ1) is 21.0. The molecule has 9 heteroatoms. The number of carbonyl (C=O) groups is 1. The molecule has 0 aromatic heterocycles. The second-order valence-electron chi connectivity index (χ2n) is 11.3. The first kappa shape index (κ1) is 27.0. The fraction of sp³-hybridized carbons (Fsp3) is 0.114. The first-order valence-electron chi connectivity index (χ1n) is 13.8. The molecule has 0 heterocycles. The maximum Gasteiger partial charge on any atom is 0.197 e. The van der Waals surface area contributed by atoms with Crippen molar-refractivity contribution >= 4 is 5.78 Å². The largest absolute Gasteiger partial charge is 0.508 e. The number of fused-ring (bicyclic) bond motifs is 1. The molecule has 2 aliphatic carbocycles. The number of aromatic hydroxyl groups is 8. The topological polar surface area (TPSA) is 179 Å². The van der Waals surface area contributed by atoms with Gasteiger partial charge < -0.3 is 40.9 Å². The van der Waals surface area contributed by atoms with Crippen molar-refractivity contribution in [3.05, 3.63) is 129 Å². The van der Waals surface area contributed by atoms with E-state index in [0.717, 1.165) is 12.1 Å². The predicted molar refractivity (Wildman–Crippen MR) is 158 cm³/mol. The van der Waals surface area contributed by atoms with Crippen molar-refractivity contribution in [2.75, 3.05) is 0 Å². The van der Waals surface area contributed by atoms with Crippen molar-refractivity contribution in [3.63, 3.8) is 0 Å². The zero-order chi connectivity index (χ0) is 31.0. The van der Waals surface area contributed by atoms with Gasteiger partial charge in [0.2, 0.25) is 0 Å². The van der Waals surface area contributed by atoms with Gasteiger partial charge in [0, 0.05) is 58.6 Å². The smallest absolute Gasteiger partial charge is 0.197 e. The van der Waals surface area contributed by atoms with Crippen LogP contribution in [0.4, 0.5) is 0 Å². The van der Waals surface area contributed by atoms with Gasteiger partial charge in [0.15, 0.2) is 5.78 Å². The number of hydrogen-bond donors (Lipinski definition) is 8. The van der Waals surface area contributed by atoms with Gasteiger partial charge in [0.25, 0.3) is 0 Å². The van der Waals surface area contributed by atoms with Crippen molar-refractivity contribution in [1.82, 2.24) is 0 Å². The Morgan fingerprint density at radius 2 is 0.932 bits per heavy atom. The number of ketones is 1. The third-order valence-corrected chi connectivity index (χ3v) is 8.85. The highest BCUT2D eigenvalue weighted by Crippen LogP contribution is 2.66. The number of rotatable bonds is 3. The number of phenols is 8. The molecule has 44 heavy (non-hydrogen) atoms. The van der Waals surface area contributed by atoms with Crippen LogP contribution in [0.2, 0.25) is 0 Å². The van der Waals surface area contributed by atoms with E-state index in [9.17, 15) is 45.6 Å². The van der Waals surface area contributed by atoms with E-state index in [0.29, 0.717) is 22.3 Å². The molecule has 9 nitrogen and oxygen atoms in total. The maximum absolute atomic E-state index is 14.3. The summed E-state index contributed by atoms with van der Waals surface area (Å²) in [4.78, 5) is 14.3. The molecule has 0 radical (unpaired) electrons. The van der Waals surface area contributed by atoms with E-state index in [4.69, 9.17) is 0 Å². The van der Waals surface area contributed by atoms with Crippen LogP contribution in [0.3, 0.4) is 0 Å². The van der Waals surface area contributed by atoms with E-state index >= 15 is 0 Å². The first-order valence-corrected chi connectivity index (χ1v) is 13.8. The molecule has 2 aliphatic rings. The molecule has 4 atom stereocenters. The Morgan fingerprint density at radius 3 is 1.55 bits per heavy atom. The van der Waals surface area contributed by atoms with Crippen molar-refractivity contribution in [2.24, 2.45) is 0 Å². The quantitative estimate of drug-likeness (QED) is 0.130. The SMILES string of the molecule is O=C1c2cc(O)cc(O)c2[C@H](c2ccc(O)cc2)[C@@H]2c3c1c(O)cc(O)c3[C@H](c1cc(O)cc(O)c1)[C@H]2c1ccc(O)cc1. The van der Waals surface area contributed by atoms with Gasteiger partial charge >= 0.3 is 0 Å². The zero-order valence-corrected chi connectivity index (χ0v) is 22.9. The highest BCUT2D eigenvalue weighted by atomic mass is 16.3. The number of phenolic OH excluding ortho intramolecular Hbond substituents is 8. The van der Waals surface area contributed by atoms with E-state index in [1.165, 1.54) is 48.5 Å². The highest BCUT2D eigenvalue weighted by molar-refractivity contribution is 6.14. The van der Waals surface area contributed by atoms with E-state index < -0.39 is 35.2 Å². The summed E-state index contributed by atoms with van der Waals surface area (Å²) in [5.74, 6) is -5.82. The van der Waals surface area contributed by atoms with Crippen LogP contribution in [0.1, 0.15) is 73.0 Å². The van der Waals surface area contributed by atoms with Gasteiger partial charge in [0.05, 0.1) is 5.56 Å². The molecule has 0 unspecified atom stereocenters. The van der Waals surface area contributed by atoms with Gasteiger partial charge in [-0.05, 0) is 64.7 Å². The molecule has 0 aliphatic heterocycles. The van der Waals surface area contributed by atoms with E-state index in [2.05, 4.69) is 0 Å². The van der Waals surface area contributed by atoms with Crippen LogP contribution < -0.4 is 0 Å². The molecule has 5 aromatic rings. The third kappa shape index (κ3) is 3.97. The second kappa shape index (κ2) is 9.60. The molecule has 0 saturated carbocycles. The number of hydrogen-bond acceptors (Lipinski definition) is 9. The van der Waals surface area contributed by atoms with Crippen LogP contribution in [-0.4, -0.2) is 46.6 Å². The summed E-state index contributed by atoms with van der Waals surface area (Å²) in [6, 6.07) is 20.1. The van der Waals surface area contributed by atoms with Gasteiger partial charge in [-0.25, -0.2) is 0 Å². The van der Waals surface area contributed by atoms with Crippen LogP contribution >= 0.6 is 0 Å². The van der Waals surface area contributed by atoms with Gasteiger partial charge in [0.1, 0.15) is 46.0 Å². The molecule has 0 amide bonds. The molecular weight excluding hydrogens is 564 g/mol. The Labute approximate surface area is 250 Å². The van der Waals surface area contributed by atoms with Crippen LogP contribution in [0, 0.1) is 0 Å². The summed E-state index contributed by atoms with van der Waals surface area (Å²) >= 11 is 0. The minimum atomic E-state index is -0.842. The molecule has 0 bridgehead atoms. The molecule has 5 aromatic carbocycles. The van der Waals surface area contributed by atoms with Crippen LogP contribution in [0.5, 0.6) is 46.0 Å². The minimum Gasteiger partial charge on any atom is -0.508 e. The van der Waals surface area contributed by atoms with Crippen molar-refractivity contribution < 1.29 is 45.6 Å². The summed E-state index contributed by atoms with van der Waals surface area (Å²) in [7, 11) is 0. The lowest BCUT2D eigenvalue weighted by molar-refractivity contribution is 0.103. The van der Waals surface area contributed by atoms with Crippen LogP contribution in [0.25, 0.3) is 0 Å². The van der Waals surface area contributed by atoms with Gasteiger partial charge in [-0.1, -0.05) is 24.3 Å². The summed E-state index contributed by atoms with van der Waals surface area (Å²) in [6.07, 6.45) is 0. The van der Waals surface area contributed by atoms with Crippen LogP contribution in [-0.2, 0) is 0 Å². The average Bonchev–Trinajstić information content (AvgIpc) is 3.25. The van der Waals surface area contributed by atoms with Crippen molar-refractivity contribution in [3.8, 4) is 46.0 Å². The third-order valence-electron chi connectivity index (χ3n) is 8.85. The summed E-state index contributed by atoms with van der Waals surface area (Å²) in [5, 5.41) is 85.8. The highest BCUT2D eigenvalue weighted by Gasteiger charge is 2.53.